The van der Waals surface area contributed by atoms with Crippen molar-refractivity contribution in [3.05, 3.63) is 42.0 Å². The Hall–Kier alpha value is -1.65. The van der Waals surface area contributed by atoms with Crippen LogP contribution in [0.3, 0.4) is 0 Å². The summed E-state index contributed by atoms with van der Waals surface area (Å²) < 4.78 is 0. The van der Waals surface area contributed by atoms with E-state index >= 15 is 0 Å². The van der Waals surface area contributed by atoms with E-state index < -0.39 is 12.8 Å². The molecule has 0 aliphatic heterocycles. The van der Waals surface area contributed by atoms with Crippen molar-refractivity contribution in [1.82, 2.24) is 0 Å². The number of hydrogen-bond acceptors (Lipinski definition) is 4. The van der Waals surface area contributed by atoms with Gasteiger partial charge in [0.2, 0.25) is 0 Å². The first-order valence-corrected chi connectivity index (χ1v) is 4.00. The number of carbonyl (C=O) groups excluding carboxylic acids is 1. The van der Waals surface area contributed by atoms with Gasteiger partial charge in [0, 0.05) is 6.08 Å². The van der Waals surface area contributed by atoms with Gasteiger partial charge < -0.3 is 5.11 Å². The number of carbonyl (C=O) groups is 1. The Balaban J connectivity index is 2.44. The Morgan fingerprint density at radius 1 is 1.36 bits per heavy atom. The van der Waals surface area contributed by atoms with Gasteiger partial charge in [-0.25, -0.2) is 4.79 Å². The lowest BCUT2D eigenvalue weighted by Crippen LogP contribution is -2.02. The molecule has 0 saturated carbocycles. The van der Waals surface area contributed by atoms with Crippen LogP contribution >= 0.6 is 0 Å². The second kappa shape index (κ2) is 5.90. The number of aliphatic hydroxyl groups excluding tert-OH is 1. The molecule has 1 N–H and O–H groups in total. The fraction of sp³-hybridized carbons (Fsp3) is 0.100. The van der Waals surface area contributed by atoms with Crippen molar-refractivity contribution in [3.63, 3.8) is 0 Å². The molecule has 14 heavy (non-hydrogen) atoms. The second-order valence-corrected chi connectivity index (χ2v) is 2.39. The highest BCUT2D eigenvalue weighted by molar-refractivity contribution is 5.86. The zero-order valence-corrected chi connectivity index (χ0v) is 7.42. The van der Waals surface area contributed by atoms with Crippen molar-refractivity contribution in [1.29, 1.82) is 0 Å². The van der Waals surface area contributed by atoms with Crippen molar-refractivity contribution >= 4 is 12.0 Å². The van der Waals surface area contributed by atoms with E-state index in [-0.39, 0.29) is 0 Å². The van der Waals surface area contributed by atoms with Gasteiger partial charge in [-0.1, -0.05) is 30.3 Å². The third-order valence-electron chi connectivity index (χ3n) is 1.41. The van der Waals surface area contributed by atoms with Crippen LogP contribution in [0.5, 0.6) is 0 Å². The van der Waals surface area contributed by atoms with Gasteiger partial charge in [0.25, 0.3) is 0 Å². The van der Waals surface area contributed by atoms with Gasteiger partial charge >= 0.3 is 5.97 Å². The fourth-order valence-corrected chi connectivity index (χ4v) is 0.841. The molecule has 0 spiro atoms. The van der Waals surface area contributed by atoms with E-state index in [1.54, 1.807) is 6.08 Å². The van der Waals surface area contributed by atoms with Gasteiger partial charge in [0.05, 0.1) is 0 Å². The normalized spacial score (nSPS) is 10.4. The summed E-state index contributed by atoms with van der Waals surface area (Å²) in [7, 11) is 0. The third-order valence-corrected chi connectivity index (χ3v) is 1.41. The van der Waals surface area contributed by atoms with E-state index in [1.807, 2.05) is 30.3 Å². The maximum atomic E-state index is 10.8. The van der Waals surface area contributed by atoms with E-state index in [9.17, 15) is 4.79 Å². The highest BCUT2D eigenvalue weighted by atomic mass is 17.2. The molecule has 0 aliphatic carbocycles. The highest BCUT2D eigenvalue weighted by Gasteiger charge is 1.95. The SMILES string of the molecule is O=C(C=Cc1ccccc1)OOCO. The third kappa shape index (κ3) is 3.84. The van der Waals surface area contributed by atoms with Crippen LogP contribution in [-0.2, 0) is 14.6 Å². The molecule has 0 amide bonds. The molecule has 0 heterocycles. The van der Waals surface area contributed by atoms with E-state index in [0.29, 0.717) is 0 Å². The predicted octanol–water partition coefficient (Wildman–Crippen LogP) is 1.12. The van der Waals surface area contributed by atoms with Crippen LogP contribution in [0.4, 0.5) is 0 Å². The Bertz CT molecular complexity index is 305. The van der Waals surface area contributed by atoms with Gasteiger partial charge in [0.1, 0.15) is 0 Å². The van der Waals surface area contributed by atoms with Gasteiger partial charge in [-0.15, -0.1) is 0 Å². The second-order valence-electron chi connectivity index (χ2n) is 2.39. The summed E-state index contributed by atoms with van der Waals surface area (Å²) in [6, 6.07) is 9.28. The summed E-state index contributed by atoms with van der Waals surface area (Å²) in [5, 5.41) is 8.18. The molecule has 1 rings (SSSR count). The highest BCUT2D eigenvalue weighted by Crippen LogP contribution is 2.00. The summed E-state index contributed by atoms with van der Waals surface area (Å²) in [5.41, 5.74) is 0.883. The molecule has 4 heteroatoms. The molecular formula is C10H10O4. The zero-order valence-electron chi connectivity index (χ0n) is 7.42. The van der Waals surface area contributed by atoms with Gasteiger partial charge in [-0.2, -0.15) is 4.89 Å². The standard InChI is InChI=1S/C10H10O4/c11-8-13-14-10(12)7-6-9-4-2-1-3-5-9/h1-7,11H,8H2. The maximum Gasteiger partial charge on any atom is 0.366 e. The largest absolute Gasteiger partial charge is 0.367 e. The molecule has 74 valence electrons. The van der Waals surface area contributed by atoms with Crippen LogP contribution in [0.1, 0.15) is 5.56 Å². The lowest BCUT2D eigenvalue weighted by molar-refractivity contribution is -0.298. The van der Waals surface area contributed by atoms with Crippen molar-refractivity contribution in [2.24, 2.45) is 0 Å². The summed E-state index contributed by atoms with van der Waals surface area (Å²) in [4.78, 5) is 19.0. The van der Waals surface area contributed by atoms with Crippen molar-refractivity contribution in [2.45, 2.75) is 0 Å². The molecule has 0 aromatic heterocycles. The first-order valence-electron chi connectivity index (χ1n) is 4.00. The van der Waals surface area contributed by atoms with E-state index in [2.05, 4.69) is 9.78 Å². The number of hydrogen-bond donors (Lipinski definition) is 1. The van der Waals surface area contributed by atoms with E-state index in [4.69, 9.17) is 5.11 Å². The molecule has 1 aromatic carbocycles. The van der Waals surface area contributed by atoms with Crippen molar-refractivity contribution in [3.8, 4) is 0 Å². The van der Waals surface area contributed by atoms with Crippen LogP contribution < -0.4 is 0 Å². The van der Waals surface area contributed by atoms with Crippen molar-refractivity contribution < 1.29 is 19.7 Å². The van der Waals surface area contributed by atoms with Gasteiger partial charge in [0.15, 0.2) is 6.79 Å². The Morgan fingerprint density at radius 3 is 2.71 bits per heavy atom. The Morgan fingerprint density at radius 2 is 2.07 bits per heavy atom. The number of rotatable bonds is 4. The Kier molecular flexibility index (Phi) is 4.40. The zero-order chi connectivity index (χ0) is 10.2. The molecule has 0 bridgehead atoms. The van der Waals surface area contributed by atoms with Gasteiger partial charge in [-0.05, 0) is 11.6 Å². The van der Waals surface area contributed by atoms with Crippen LogP contribution in [0.2, 0.25) is 0 Å². The van der Waals surface area contributed by atoms with Crippen LogP contribution in [0.25, 0.3) is 6.08 Å². The molecule has 0 radical (unpaired) electrons. The predicted molar refractivity (Wildman–Crippen MR) is 49.7 cm³/mol. The van der Waals surface area contributed by atoms with Crippen LogP contribution in [-0.4, -0.2) is 17.9 Å². The number of aliphatic hydroxyl groups is 1. The number of benzene rings is 1. The molecule has 0 saturated heterocycles. The molecule has 0 fully saturated rings. The Labute approximate surface area is 81.3 Å². The van der Waals surface area contributed by atoms with E-state index in [0.717, 1.165) is 5.56 Å². The molecule has 0 unspecified atom stereocenters. The van der Waals surface area contributed by atoms with Crippen LogP contribution in [0.15, 0.2) is 36.4 Å². The van der Waals surface area contributed by atoms with Gasteiger partial charge in [-0.3, -0.25) is 4.89 Å². The molecule has 4 nitrogen and oxygen atoms in total. The lowest BCUT2D eigenvalue weighted by atomic mass is 10.2. The maximum absolute atomic E-state index is 10.8. The minimum Gasteiger partial charge on any atom is -0.367 e. The first kappa shape index (κ1) is 10.4. The molecule has 0 atom stereocenters. The summed E-state index contributed by atoms with van der Waals surface area (Å²) in [5.74, 6) is -0.664. The van der Waals surface area contributed by atoms with Crippen LogP contribution in [0, 0.1) is 0 Å². The smallest absolute Gasteiger partial charge is 0.366 e. The topological polar surface area (TPSA) is 55.8 Å². The lowest BCUT2D eigenvalue weighted by Gasteiger charge is -1.95. The quantitative estimate of drug-likeness (QED) is 0.338. The minimum absolute atomic E-state index is 0.648. The summed E-state index contributed by atoms with van der Waals surface area (Å²) in [6.07, 6.45) is 2.80. The summed E-state index contributed by atoms with van der Waals surface area (Å²) >= 11 is 0. The van der Waals surface area contributed by atoms with Crippen molar-refractivity contribution in [2.75, 3.05) is 6.79 Å². The molecule has 1 aromatic rings. The minimum atomic E-state index is -0.664. The average molecular weight is 194 g/mol. The molecule has 0 aliphatic rings. The first-order chi connectivity index (χ1) is 6.83. The van der Waals surface area contributed by atoms with E-state index in [1.165, 1.54) is 6.08 Å². The molecular weight excluding hydrogens is 184 g/mol. The summed E-state index contributed by atoms with van der Waals surface area (Å²) in [6.45, 7) is -0.648. The fourth-order valence-electron chi connectivity index (χ4n) is 0.841. The average Bonchev–Trinajstić information content (AvgIpc) is 2.25. The monoisotopic (exact) mass is 194 g/mol.